The molecule has 1 aromatic rings. The number of benzene rings is 1. The zero-order valence-electron chi connectivity index (χ0n) is 5.85. The van der Waals surface area contributed by atoms with Gasteiger partial charge in [-0.15, -0.1) is 0 Å². The maximum atomic E-state index is 12.6. The molecular weight excluding hydrogens is 230 g/mol. The average molecular weight is 234 g/mol. The second kappa shape index (κ2) is 3.31. The topological polar surface area (TPSA) is 17.1 Å². The molecule has 63 valence electrons. The van der Waals surface area contributed by atoms with Gasteiger partial charge in [0.25, 0.3) is 6.29 Å². The Hall–Kier alpha value is -0.770. The molecule has 0 bridgehead atoms. The van der Waals surface area contributed by atoms with Crippen LogP contribution in [-0.4, -0.2) is 6.29 Å². The third kappa shape index (κ3) is 1.88. The summed E-state index contributed by atoms with van der Waals surface area (Å²) in [5.41, 5.74) is -0.347. The van der Waals surface area contributed by atoms with Gasteiger partial charge >= 0.3 is 5.92 Å². The predicted octanol–water partition coefficient (Wildman–Crippen LogP) is 2.65. The molecule has 0 aliphatic rings. The zero-order chi connectivity index (χ0) is 9.19. The molecule has 0 aromatic heterocycles. The van der Waals surface area contributed by atoms with Crippen molar-refractivity contribution in [2.75, 3.05) is 0 Å². The van der Waals surface area contributed by atoms with E-state index in [-0.39, 0.29) is 5.56 Å². The normalized spacial score (nSPS) is 11.2. The lowest BCUT2D eigenvalue weighted by atomic mass is 10.1. The van der Waals surface area contributed by atoms with Gasteiger partial charge in [0.05, 0.1) is 0 Å². The summed E-state index contributed by atoms with van der Waals surface area (Å²) in [5, 5.41) is 0. The smallest absolute Gasteiger partial charge is 0.283 e. The molecule has 1 rings (SSSR count). The van der Waals surface area contributed by atoms with Crippen LogP contribution in [0.4, 0.5) is 8.78 Å². The predicted molar refractivity (Wildman–Crippen MR) is 43.7 cm³/mol. The first-order valence-corrected chi connectivity index (χ1v) is 3.89. The molecule has 1 aromatic carbocycles. The second-order valence-electron chi connectivity index (χ2n) is 2.18. The van der Waals surface area contributed by atoms with Gasteiger partial charge in [-0.2, -0.15) is 8.78 Å². The summed E-state index contributed by atoms with van der Waals surface area (Å²) in [7, 11) is 0. The summed E-state index contributed by atoms with van der Waals surface area (Å²) in [5.74, 6) is -3.50. The average Bonchev–Trinajstić information content (AvgIpc) is 2.05. The van der Waals surface area contributed by atoms with E-state index in [1.165, 1.54) is 24.3 Å². The Balaban J connectivity index is 3.04. The standard InChI is InChI=1S/C8H4BrF2O/c9-7-3-1-6(2-4-7)8(10,11)5-12/h1-4H. The van der Waals surface area contributed by atoms with Crippen LogP contribution in [0.1, 0.15) is 5.56 Å². The largest absolute Gasteiger partial charge is 0.338 e. The van der Waals surface area contributed by atoms with Crippen molar-refractivity contribution in [3.05, 3.63) is 34.3 Å². The highest BCUT2D eigenvalue weighted by molar-refractivity contribution is 9.10. The van der Waals surface area contributed by atoms with Crippen molar-refractivity contribution in [1.82, 2.24) is 0 Å². The van der Waals surface area contributed by atoms with Crippen molar-refractivity contribution in [3.63, 3.8) is 0 Å². The highest BCUT2D eigenvalue weighted by Gasteiger charge is 2.31. The van der Waals surface area contributed by atoms with Gasteiger partial charge in [-0.25, -0.2) is 0 Å². The first-order valence-electron chi connectivity index (χ1n) is 3.09. The molecule has 0 N–H and O–H groups in total. The van der Waals surface area contributed by atoms with Gasteiger partial charge in [-0.05, 0) is 12.1 Å². The van der Waals surface area contributed by atoms with Gasteiger partial charge < -0.3 is 0 Å². The Morgan fingerprint density at radius 2 is 1.75 bits per heavy atom. The van der Waals surface area contributed by atoms with E-state index in [1.807, 2.05) is 0 Å². The summed E-state index contributed by atoms with van der Waals surface area (Å²) < 4.78 is 25.8. The molecule has 0 heterocycles. The van der Waals surface area contributed by atoms with Crippen LogP contribution in [0.5, 0.6) is 0 Å². The van der Waals surface area contributed by atoms with Crippen molar-refractivity contribution < 1.29 is 13.6 Å². The molecule has 0 saturated carbocycles. The maximum absolute atomic E-state index is 12.6. The molecule has 0 atom stereocenters. The number of alkyl halides is 2. The van der Waals surface area contributed by atoms with Crippen molar-refractivity contribution in [1.29, 1.82) is 0 Å². The van der Waals surface area contributed by atoms with Gasteiger partial charge in [-0.3, -0.25) is 4.79 Å². The van der Waals surface area contributed by atoms with Gasteiger partial charge in [0.2, 0.25) is 0 Å². The Labute approximate surface area is 76.5 Å². The maximum Gasteiger partial charge on any atom is 0.338 e. The number of hydrogen-bond donors (Lipinski definition) is 0. The van der Waals surface area contributed by atoms with Crippen LogP contribution in [0.2, 0.25) is 0 Å². The minimum absolute atomic E-state index is 0.347. The summed E-state index contributed by atoms with van der Waals surface area (Å²) in [6.45, 7) is 0. The molecule has 0 aliphatic heterocycles. The van der Waals surface area contributed by atoms with Gasteiger partial charge in [0.15, 0.2) is 0 Å². The molecule has 4 heteroatoms. The van der Waals surface area contributed by atoms with Crippen LogP contribution >= 0.6 is 15.9 Å². The third-order valence-electron chi connectivity index (χ3n) is 1.33. The van der Waals surface area contributed by atoms with Crippen molar-refractivity contribution in [2.45, 2.75) is 5.92 Å². The van der Waals surface area contributed by atoms with E-state index in [4.69, 9.17) is 0 Å². The number of hydrogen-bond acceptors (Lipinski definition) is 1. The molecule has 0 aliphatic carbocycles. The number of carbonyl (C=O) groups excluding carboxylic acids is 1. The summed E-state index contributed by atoms with van der Waals surface area (Å²) in [6.07, 6.45) is 0.678. The van der Waals surface area contributed by atoms with E-state index in [0.29, 0.717) is 10.8 Å². The van der Waals surface area contributed by atoms with Gasteiger partial charge in [-0.1, -0.05) is 28.1 Å². The SMILES string of the molecule is O=[C]C(F)(F)c1ccc(Br)cc1. The highest BCUT2D eigenvalue weighted by Crippen LogP contribution is 2.26. The molecular formula is C8H4BrF2O. The minimum Gasteiger partial charge on any atom is -0.283 e. The summed E-state index contributed by atoms with van der Waals surface area (Å²) in [4.78, 5) is 9.83. The van der Waals surface area contributed by atoms with Crippen molar-refractivity contribution in [3.8, 4) is 0 Å². The van der Waals surface area contributed by atoms with Crippen LogP contribution in [-0.2, 0) is 10.7 Å². The highest BCUT2D eigenvalue weighted by atomic mass is 79.9. The molecule has 0 spiro atoms. The van der Waals surface area contributed by atoms with E-state index in [9.17, 15) is 13.6 Å². The fraction of sp³-hybridized carbons (Fsp3) is 0.125. The van der Waals surface area contributed by atoms with E-state index < -0.39 is 5.92 Å². The Morgan fingerprint density at radius 3 is 2.17 bits per heavy atom. The molecule has 1 nitrogen and oxygen atoms in total. The molecule has 0 unspecified atom stereocenters. The second-order valence-corrected chi connectivity index (χ2v) is 3.10. The Bertz CT molecular complexity index is 282. The summed E-state index contributed by atoms with van der Waals surface area (Å²) >= 11 is 3.09. The minimum atomic E-state index is -3.50. The van der Waals surface area contributed by atoms with E-state index in [1.54, 1.807) is 0 Å². The summed E-state index contributed by atoms with van der Waals surface area (Å²) in [6, 6.07) is 5.24. The van der Waals surface area contributed by atoms with E-state index in [0.717, 1.165) is 0 Å². The van der Waals surface area contributed by atoms with Crippen molar-refractivity contribution in [2.24, 2.45) is 0 Å². The monoisotopic (exact) mass is 233 g/mol. The zero-order valence-corrected chi connectivity index (χ0v) is 7.44. The molecule has 0 fully saturated rings. The number of halogens is 3. The van der Waals surface area contributed by atoms with Crippen LogP contribution in [0.25, 0.3) is 0 Å². The lowest BCUT2D eigenvalue weighted by molar-refractivity contribution is 0.0722. The first kappa shape index (κ1) is 9.32. The van der Waals surface area contributed by atoms with Crippen LogP contribution in [0, 0.1) is 0 Å². The third-order valence-corrected chi connectivity index (χ3v) is 1.86. The molecule has 0 amide bonds. The fourth-order valence-electron chi connectivity index (χ4n) is 0.718. The van der Waals surface area contributed by atoms with Crippen molar-refractivity contribution >= 4 is 22.2 Å². The van der Waals surface area contributed by atoms with E-state index in [2.05, 4.69) is 15.9 Å². The Kier molecular flexibility index (Phi) is 2.57. The molecule has 0 saturated heterocycles. The van der Waals surface area contributed by atoms with Gasteiger partial charge in [0.1, 0.15) is 0 Å². The quantitative estimate of drug-likeness (QED) is 0.768. The van der Waals surface area contributed by atoms with E-state index >= 15 is 0 Å². The number of rotatable bonds is 2. The lowest BCUT2D eigenvalue weighted by Crippen LogP contribution is -2.14. The Morgan fingerprint density at radius 1 is 1.25 bits per heavy atom. The molecule has 1 radical (unpaired) electrons. The van der Waals surface area contributed by atoms with Gasteiger partial charge in [0, 0.05) is 10.0 Å². The molecule has 12 heavy (non-hydrogen) atoms. The van der Waals surface area contributed by atoms with Crippen LogP contribution in [0.15, 0.2) is 28.7 Å². The lowest BCUT2D eigenvalue weighted by Gasteiger charge is -2.06. The van der Waals surface area contributed by atoms with Crippen LogP contribution in [0.3, 0.4) is 0 Å². The fourth-order valence-corrected chi connectivity index (χ4v) is 0.982. The van der Waals surface area contributed by atoms with Crippen LogP contribution < -0.4 is 0 Å². The first-order chi connectivity index (χ1) is 5.56.